The number of aryl methyl sites for hydroxylation is 3. The van der Waals surface area contributed by atoms with Crippen LogP contribution in [-0.2, 0) is 15.6 Å². The first kappa shape index (κ1) is 21.1. The molecule has 31 heavy (non-hydrogen) atoms. The molecule has 4 aromatic rings. The Hall–Kier alpha value is -3.18. The highest BCUT2D eigenvalue weighted by atomic mass is 32.2. The summed E-state index contributed by atoms with van der Waals surface area (Å²) < 4.78 is 31.8. The maximum atomic E-state index is 13.1. The monoisotopic (exact) mass is 431 g/mol. The lowest BCUT2D eigenvalue weighted by Crippen LogP contribution is -2.10. The van der Waals surface area contributed by atoms with Crippen molar-refractivity contribution in [3.63, 3.8) is 0 Å². The van der Waals surface area contributed by atoms with Crippen molar-refractivity contribution in [2.75, 3.05) is 7.11 Å². The molecule has 0 aliphatic carbocycles. The van der Waals surface area contributed by atoms with E-state index in [1.807, 2.05) is 81.4 Å². The molecule has 0 aliphatic rings. The minimum atomic E-state index is -3.50. The van der Waals surface area contributed by atoms with Gasteiger partial charge in [0.25, 0.3) is 0 Å². The van der Waals surface area contributed by atoms with E-state index in [4.69, 9.17) is 4.74 Å². The molecule has 0 fully saturated rings. The number of nitrogens with zero attached hydrogens (tertiary/aromatic N) is 1. The summed E-state index contributed by atoms with van der Waals surface area (Å²) in [5.41, 5.74) is 5.95. The van der Waals surface area contributed by atoms with Crippen molar-refractivity contribution in [1.29, 1.82) is 0 Å². The van der Waals surface area contributed by atoms with Crippen LogP contribution in [0.5, 0.6) is 5.75 Å². The standard InChI is InChI=1S/C26H25NO3S/c1-17-13-18(2)26(19(3)14-17)31(28,29)16-22-11-9-21-15-20(10-12-24(21)27-22)23-7-5-6-8-25(23)30-4/h5-15H,16H2,1-4H3. The summed E-state index contributed by atoms with van der Waals surface area (Å²) in [4.78, 5) is 5.04. The highest BCUT2D eigenvalue weighted by Crippen LogP contribution is 2.32. The number of ether oxygens (including phenoxy) is 1. The third kappa shape index (κ3) is 4.19. The third-order valence-electron chi connectivity index (χ3n) is 5.42. The van der Waals surface area contributed by atoms with Gasteiger partial charge in [-0.3, -0.25) is 4.98 Å². The van der Waals surface area contributed by atoms with Crippen LogP contribution in [0.3, 0.4) is 0 Å². The topological polar surface area (TPSA) is 56.3 Å². The number of sulfone groups is 1. The summed E-state index contributed by atoms with van der Waals surface area (Å²) in [7, 11) is -1.84. The third-order valence-corrected chi connectivity index (χ3v) is 7.36. The molecule has 3 aromatic carbocycles. The van der Waals surface area contributed by atoms with Crippen LogP contribution in [0, 0.1) is 20.8 Å². The Labute approximate surface area is 183 Å². The van der Waals surface area contributed by atoms with Gasteiger partial charge in [0.1, 0.15) is 5.75 Å². The number of benzene rings is 3. The molecule has 0 spiro atoms. The molecule has 0 amide bonds. The van der Waals surface area contributed by atoms with Crippen LogP contribution in [0.15, 0.2) is 71.6 Å². The zero-order valence-electron chi connectivity index (χ0n) is 18.1. The quantitative estimate of drug-likeness (QED) is 0.400. The Bertz CT molecular complexity index is 1370. The molecular weight excluding hydrogens is 406 g/mol. The van der Waals surface area contributed by atoms with Gasteiger partial charge in [0.2, 0.25) is 0 Å². The summed E-state index contributed by atoms with van der Waals surface area (Å²) in [6.45, 7) is 5.67. The Morgan fingerprint density at radius 3 is 2.29 bits per heavy atom. The molecular formula is C26H25NO3S. The minimum absolute atomic E-state index is 0.123. The average Bonchev–Trinajstić information content (AvgIpc) is 2.72. The minimum Gasteiger partial charge on any atom is -0.496 e. The van der Waals surface area contributed by atoms with Crippen molar-refractivity contribution in [2.45, 2.75) is 31.4 Å². The number of hydrogen-bond donors (Lipinski definition) is 0. The van der Waals surface area contributed by atoms with E-state index in [-0.39, 0.29) is 5.75 Å². The summed E-state index contributed by atoms with van der Waals surface area (Å²) in [6, 6.07) is 21.4. The molecule has 0 atom stereocenters. The van der Waals surface area contributed by atoms with Crippen molar-refractivity contribution < 1.29 is 13.2 Å². The Balaban J connectivity index is 1.69. The summed E-state index contributed by atoms with van der Waals surface area (Å²) in [5, 5.41) is 0.951. The van der Waals surface area contributed by atoms with Crippen LogP contribution in [0.1, 0.15) is 22.4 Å². The van der Waals surface area contributed by atoms with Gasteiger partial charge in [0, 0.05) is 10.9 Å². The zero-order valence-corrected chi connectivity index (χ0v) is 19.0. The Morgan fingerprint density at radius 2 is 1.58 bits per heavy atom. The number of pyridine rings is 1. The van der Waals surface area contributed by atoms with E-state index in [1.165, 1.54) is 0 Å². The van der Waals surface area contributed by atoms with Crippen molar-refractivity contribution >= 4 is 20.7 Å². The van der Waals surface area contributed by atoms with Crippen molar-refractivity contribution in [1.82, 2.24) is 4.98 Å². The average molecular weight is 432 g/mol. The van der Waals surface area contributed by atoms with Crippen molar-refractivity contribution in [3.05, 3.63) is 89.1 Å². The van der Waals surface area contributed by atoms with Gasteiger partial charge >= 0.3 is 0 Å². The summed E-state index contributed by atoms with van der Waals surface area (Å²) >= 11 is 0. The van der Waals surface area contributed by atoms with Gasteiger partial charge in [-0.1, -0.05) is 48.0 Å². The first-order valence-corrected chi connectivity index (χ1v) is 11.8. The highest BCUT2D eigenvalue weighted by molar-refractivity contribution is 7.90. The lowest BCUT2D eigenvalue weighted by Gasteiger charge is -2.13. The molecule has 0 bridgehead atoms. The van der Waals surface area contributed by atoms with Gasteiger partial charge in [-0.25, -0.2) is 8.42 Å². The zero-order chi connectivity index (χ0) is 22.2. The van der Waals surface area contributed by atoms with E-state index in [2.05, 4.69) is 4.98 Å². The van der Waals surface area contributed by atoms with E-state index < -0.39 is 9.84 Å². The molecule has 0 radical (unpaired) electrons. The predicted molar refractivity (Wildman–Crippen MR) is 125 cm³/mol. The number of fused-ring (bicyclic) bond motifs is 1. The molecule has 0 saturated carbocycles. The number of rotatable bonds is 5. The second-order valence-corrected chi connectivity index (χ2v) is 9.82. The fraction of sp³-hybridized carbons (Fsp3) is 0.192. The maximum absolute atomic E-state index is 13.1. The Morgan fingerprint density at radius 1 is 0.871 bits per heavy atom. The van der Waals surface area contributed by atoms with Gasteiger partial charge in [-0.05, 0) is 61.7 Å². The largest absolute Gasteiger partial charge is 0.496 e. The first-order valence-electron chi connectivity index (χ1n) is 10.1. The molecule has 5 heteroatoms. The van der Waals surface area contributed by atoms with E-state index in [0.717, 1.165) is 44.5 Å². The van der Waals surface area contributed by atoms with Gasteiger partial charge in [-0.15, -0.1) is 0 Å². The van der Waals surface area contributed by atoms with E-state index in [0.29, 0.717) is 10.6 Å². The van der Waals surface area contributed by atoms with Crippen LogP contribution in [0.4, 0.5) is 0 Å². The van der Waals surface area contributed by atoms with E-state index in [1.54, 1.807) is 13.2 Å². The van der Waals surface area contributed by atoms with Gasteiger partial charge in [0.15, 0.2) is 9.84 Å². The molecule has 1 heterocycles. The van der Waals surface area contributed by atoms with Crippen LogP contribution < -0.4 is 4.74 Å². The predicted octanol–water partition coefficient (Wildman–Crippen LogP) is 5.81. The van der Waals surface area contributed by atoms with E-state index >= 15 is 0 Å². The molecule has 0 N–H and O–H groups in total. The number of aromatic nitrogens is 1. The molecule has 0 aliphatic heterocycles. The lowest BCUT2D eigenvalue weighted by atomic mass is 10.0. The van der Waals surface area contributed by atoms with Gasteiger partial charge in [-0.2, -0.15) is 0 Å². The van der Waals surface area contributed by atoms with Crippen molar-refractivity contribution in [3.8, 4) is 16.9 Å². The fourth-order valence-electron chi connectivity index (χ4n) is 4.22. The second-order valence-electron chi connectivity index (χ2n) is 7.90. The summed E-state index contributed by atoms with van der Waals surface area (Å²) in [6.07, 6.45) is 0. The smallest absolute Gasteiger partial charge is 0.184 e. The normalized spacial score (nSPS) is 11.6. The molecule has 1 aromatic heterocycles. The first-order chi connectivity index (χ1) is 14.8. The number of methoxy groups -OCH3 is 1. The number of hydrogen-bond acceptors (Lipinski definition) is 4. The Kier molecular flexibility index (Phi) is 5.54. The lowest BCUT2D eigenvalue weighted by molar-refractivity contribution is 0.416. The molecule has 4 rings (SSSR count). The molecule has 0 saturated heterocycles. The molecule has 0 unspecified atom stereocenters. The summed E-state index contributed by atoms with van der Waals surface area (Å²) in [5.74, 6) is 0.684. The van der Waals surface area contributed by atoms with Crippen LogP contribution in [0.2, 0.25) is 0 Å². The SMILES string of the molecule is COc1ccccc1-c1ccc2nc(CS(=O)(=O)c3c(C)cc(C)cc3C)ccc2c1. The van der Waals surface area contributed by atoms with Gasteiger partial charge < -0.3 is 4.74 Å². The molecule has 158 valence electrons. The van der Waals surface area contributed by atoms with Crippen LogP contribution in [-0.4, -0.2) is 20.5 Å². The van der Waals surface area contributed by atoms with Crippen LogP contribution >= 0.6 is 0 Å². The fourth-order valence-corrected chi connectivity index (χ4v) is 6.02. The second kappa shape index (κ2) is 8.16. The highest BCUT2D eigenvalue weighted by Gasteiger charge is 2.21. The van der Waals surface area contributed by atoms with Gasteiger partial charge in [0.05, 0.1) is 29.0 Å². The molecule has 4 nitrogen and oxygen atoms in total. The van der Waals surface area contributed by atoms with Crippen molar-refractivity contribution in [2.24, 2.45) is 0 Å². The van der Waals surface area contributed by atoms with E-state index in [9.17, 15) is 8.42 Å². The number of para-hydroxylation sites is 1. The van der Waals surface area contributed by atoms with Crippen LogP contribution in [0.25, 0.3) is 22.0 Å². The maximum Gasteiger partial charge on any atom is 0.184 e.